The van der Waals surface area contributed by atoms with Gasteiger partial charge in [0.1, 0.15) is 23.9 Å². The Morgan fingerprint density at radius 2 is 1.16 bits per heavy atom. The highest BCUT2D eigenvalue weighted by atomic mass is 32.2. The van der Waals surface area contributed by atoms with Gasteiger partial charge >= 0.3 is 30.5 Å². The van der Waals surface area contributed by atoms with E-state index in [-0.39, 0.29) is 42.6 Å². The predicted octanol–water partition coefficient (Wildman–Crippen LogP) is 8.26. The summed E-state index contributed by atoms with van der Waals surface area (Å²) in [5.41, 5.74) is -11.4. The van der Waals surface area contributed by atoms with Gasteiger partial charge in [-0.3, -0.25) is 14.1 Å². The first-order chi connectivity index (χ1) is 26.7. The molecule has 0 spiro atoms. The molecule has 7 rings (SSSR count). The highest BCUT2D eigenvalue weighted by Crippen LogP contribution is 2.66. The van der Waals surface area contributed by atoms with Crippen molar-refractivity contribution in [1.29, 1.82) is 0 Å². The van der Waals surface area contributed by atoms with Crippen LogP contribution in [-0.4, -0.2) is 72.1 Å². The first kappa shape index (κ1) is 43.6. The lowest BCUT2D eigenvalue weighted by Gasteiger charge is -2.59. The van der Waals surface area contributed by atoms with Gasteiger partial charge in [0.05, 0.1) is 21.7 Å². The summed E-state index contributed by atoms with van der Waals surface area (Å²) in [6, 6.07) is 20.3. The van der Waals surface area contributed by atoms with Gasteiger partial charge in [0.25, 0.3) is 15.7 Å². The summed E-state index contributed by atoms with van der Waals surface area (Å²) in [5.74, 6) is -4.65. The van der Waals surface area contributed by atoms with Crippen molar-refractivity contribution < 1.29 is 81.4 Å². The topological polar surface area (TPSA) is 136 Å². The van der Waals surface area contributed by atoms with Crippen molar-refractivity contribution >= 4 is 33.0 Å². The number of rotatable bonds is 12. The number of ether oxygens (including phenoxy) is 3. The lowest BCUT2D eigenvalue weighted by Crippen LogP contribution is -2.61. The van der Waals surface area contributed by atoms with Crippen molar-refractivity contribution in [3.8, 4) is 11.5 Å². The Kier molecular flexibility index (Phi) is 11.2. The highest BCUT2D eigenvalue weighted by Gasteiger charge is 2.71. The fourth-order valence-corrected chi connectivity index (χ4v) is 11.6. The number of aliphatic hydroxyl groups is 1. The van der Waals surface area contributed by atoms with Gasteiger partial charge < -0.3 is 19.3 Å². The number of hydrogen-bond donors (Lipinski definition) is 2. The summed E-state index contributed by atoms with van der Waals surface area (Å²) < 4.78 is 169. The zero-order chi connectivity index (χ0) is 42.7. The predicted molar refractivity (Wildman–Crippen MR) is 186 cm³/mol. The molecule has 4 bridgehead atoms. The minimum Gasteiger partial charge on any atom is -0.490 e. The Morgan fingerprint density at radius 1 is 0.707 bits per heavy atom. The van der Waals surface area contributed by atoms with E-state index in [2.05, 4.69) is 0 Å². The van der Waals surface area contributed by atoms with Crippen molar-refractivity contribution in [3.05, 3.63) is 78.9 Å². The Bertz CT molecular complexity index is 2080. The normalized spacial score (nSPS) is 25.1. The van der Waals surface area contributed by atoms with Crippen molar-refractivity contribution in [3.63, 3.8) is 0 Å². The summed E-state index contributed by atoms with van der Waals surface area (Å²) in [6.07, 6.45) is -16.2. The van der Waals surface area contributed by atoms with Crippen LogP contribution in [0.25, 0.3) is 0 Å². The minimum atomic E-state index is -6.06. The second kappa shape index (κ2) is 14.9. The van der Waals surface area contributed by atoms with E-state index >= 15 is 0 Å². The minimum absolute atomic E-state index is 0.0982. The third kappa shape index (κ3) is 8.52. The standard InChI is InChI=1S/C38H35F9O9S2/c1-32(36(39,40)41,22-58(51,52)53)56-31(49)34-18-23-15-24(19-34)17-33(16-23,20-34)30(48)55-26-9-13-29(14-10-26)57(27-5-3-2-4-6-27)28-11-7-25(8-12-28)54-21-35(50,37(42,43)44)38(45,46)47/h2-14,23-24,50H,15-22H2,1H3/p+1. The van der Waals surface area contributed by atoms with Gasteiger partial charge in [-0.15, -0.1) is 0 Å². The number of hydrogen-bond acceptors (Lipinski definition) is 8. The Hall–Kier alpha value is -4.01. The molecule has 4 unspecified atom stereocenters. The molecule has 2 N–H and O–H groups in total. The van der Waals surface area contributed by atoms with Crippen LogP contribution in [0.4, 0.5) is 39.5 Å². The maximum atomic E-state index is 14.0. The lowest BCUT2D eigenvalue weighted by atomic mass is 9.44. The molecule has 0 aliphatic heterocycles. The molecule has 58 heavy (non-hydrogen) atoms. The van der Waals surface area contributed by atoms with E-state index < -0.39 is 85.9 Å². The van der Waals surface area contributed by atoms with Gasteiger partial charge in [0.15, 0.2) is 14.7 Å². The largest absolute Gasteiger partial charge is 0.490 e. The summed E-state index contributed by atoms with van der Waals surface area (Å²) in [4.78, 5) is 29.6. The van der Waals surface area contributed by atoms with E-state index in [1.54, 1.807) is 42.5 Å². The fourth-order valence-electron chi connectivity index (χ4n) is 8.58. The van der Waals surface area contributed by atoms with Crippen LogP contribution in [0.2, 0.25) is 0 Å². The Labute approximate surface area is 328 Å². The fraction of sp³-hybridized carbons (Fsp3) is 0.474. The van der Waals surface area contributed by atoms with Gasteiger partial charge in [-0.1, -0.05) is 18.2 Å². The van der Waals surface area contributed by atoms with E-state index in [1.165, 1.54) is 24.3 Å². The number of carbonyl (C=O) groups excluding carboxylic acids is 2. The second-order valence-corrected chi connectivity index (χ2v) is 18.9. The van der Waals surface area contributed by atoms with Crippen LogP contribution in [0, 0.1) is 22.7 Å². The molecular weight excluding hydrogens is 836 g/mol. The smallest absolute Gasteiger partial charge is 0.429 e. The Balaban J connectivity index is 1.20. The number of alkyl halides is 9. The molecule has 0 saturated heterocycles. The summed E-state index contributed by atoms with van der Waals surface area (Å²) >= 11 is 0. The first-order valence-corrected chi connectivity index (χ1v) is 20.5. The highest BCUT2D eigenvalue weighted by molar-refractivity contribution is 7.97. The van der Waals surface area contributed by atoms with E-state index in [0.717, 1.165) is 17.0 Å². The van der Waals surface area contributed by atoms with Crippen molar-refractivity contribution in [1.82, 2.24) is 0 Å². The summed E-state index contributed by atoms with van der Waals surface area (Å²) in [5, 5.41) is 9.44. The molecule has 20 heteroatoms. The molecule has 0 aromatic heterocycles. The van der Waals surface area contributed by atoms with Crippen LogP contribution in [0.1, 0.15) is 45.4 Å². The number of carbonyl (C=O) groups is 2. The summed E-state index contributed by atoms with van der Waals surface area (Å²) in [6.45, 7) is -1.77. The van der Waals surface area contributed by atoms with Crippen LogP contribution in [0.3, 0.4) is 0 Å². The molecule has 316 valence electrons. The second-order valence-electron chi connectivity index (χ2n) is 15.5. The SMILES string of the molecule is CC(CS(=O)(=O)O)(OC(=O)C12CC3CC(CC(C(=O)Oc4ccc([S+](c5ccccc5)c5ccc(OCC(O)(C(F)(F)F)C(F)(F)F)cc5)cc4)(C3)C1)C2)C(F)(F)F. The maximum absolute atomic E-state index is 14.0. The van der Waals surface area contributed by atoms with Crippen LogP contribution in [-0.2, 0) is 35.3 Å². The van der Waals surface area contributed by atoms with Gasteiger partial charge in [0, 0.05) is 0 Å². The molecule has 4 saturated carbocycles. The zero-order valence-electron chi connectivity index (χ0n) is 30.3. The van der Waals surface area contributed by atoms with Gasteiger partial charge in [-0.2, -0.15) is 47.9 Å². The molecular formula is C38H36F9O9S2+. The van der Waals surface area contributed by atoms with Crippen LogP contribution in [0.5, 0.6) is 11.5 Å². The molecule has 0 heterocycles. The molecule has 4 aliphatic carbocycles. The molecule has 4 aliphatic rings. The average Bonchev–Trinajstić information content (AvgIpc) is 3.09. The molecule has 4 fully saturated rings. The average molecular weight is 872 g/mol. The van der Waals surface area contributed by atoms with Crippen molar-refractivity contribution in [2.24, 2.45) is 22.7 Å². The zero-order valence-corrected chi connectivity index (χ0v) is 31.9. The van der Waals surface area contributed by atoms with Crippen LogP contribution < -0.4 is 9.47 Å². The first-order valence-electron chi connectivity index (χ1n) is 17.6. The van der Waals surface area contributed by atoms with Gasteiger partial charge in [0.2, 0.25) is 5.60 Å². The number of halogens is 9. The van der Waals surface area contributed by atoms with Crippen molar-refractivity contribution in [2.45, 2.75) is 89.9 Å². The quantitative estimate of drug-likeness (QED) is 0.0606. The molecule has 3 aromatic rings. The van der Waals surface area contributed by atoms with Gasteiger partial charge in [-0.05, 0) is 118 Å². The Morgan fingerprint density at radius 3 is 1.60 bits per heavy atom. The van der Waals surface area contributed by atoms with Gasteiger partial charge in [-0.25, -0.2) is 0 Å². The van der Waals surface area contributed by atoms with Crippen molar-refractivity contribution in [2.75, 3.05) is 12.4 Å². The lowest BCUT2D eigenvalue weighted by molar-refractivity contribution is -0.373. The third-order valence-electron chi connectivity index (χ3n) is 11.0. The monoisotopic (exact) mass is 871 g/mol. The molecule has 0 amide bonds. The number of benzene rings is 3. The maximum Gasteiger partial charge on any atom is 0.429 e. The van der Waals surface area contributed by atoms with E-state index in [4.69, 9.17) is 14.2 Å². The molecule has 4 atom stereocenters. The van der Waals surface area contributed by atoms with E-state index in [1.807, 2.05) is 0 Å². The van der Waals surface area contributed by atoms with E-state index in [0.29, 0.717) is 36.0 Å². The van der Waals surface area contributed by atoms with E-state index in [9.17, 15) is 67.2 Å². The molecule has 9 nitrogen and oxygen atoms in total. The third-order valence-corrected chi connectivity index (χ3v) is 14.1. The molecule has 0 radical (unpaired) electrons. The molecule has 3 aromatic carbocycles. The van der Waals surface area contributed by atoms with Crippen LogP contribution >= 0.6 is 0 Å². The number of esters is 2. The summed E-state index contributed by atoms with van der Waals surface area (Å²) in [7, 11) is -6.15. The van der Waals surface area contributed by atoms with Crippen LogP contribution in [0.15, 0.2) is 93.5 Å².